The second kappa shape index (κ2) is 6.79. The van der Waals surface area contributed by atoms with Gasteiger partial charge in [0.15, 0.2) is 0 Å². The number of hydrogen-bond acceptors (Lipinski definition) is 6. The molecule has 0 aromatic carbocycles. The lowest BCUT2D eigenvalue weighted by Crippen LogP contribution is -2.50. The van der Waals surface area contributed by atoms with Crippen LogP contribution in [0.15, 0.2) is 0 Å². The van der Waals surface area contributed by atoms with Crippen LogP contribution in [0.4, 0.5) is 9.93 Å². The summed E-state index contributed by atoms with van der Waals surface area (Å²) >= 11 is 1.36. The van der Waals surface area contributed by atoms with Gasteiger partial charge in [-0.1, -0.05) is 32.1 Å². The monoisotopic (exact) mass is 405 g/mol. The second-order valence-electron chi connectivity index (χ2n) is 9.31. The molecule has 1 saturated heterocycles. The summed E-state index contributed by atoms with van der Waals surface area (Å²) in [5.41, 5.74) is -0.658. The van der Waals surface area contributed by atoms with Crippen LogP contribution in [-0.4, -0.2) is 45.0 Å². The van der Waals surface area contributed by atoms with Crippen LogP contribution in [0.5, 0.6) is 0 Å². The standard InChI is InChI=1S/C19H27N5O3S/c1-18(2,3)12-6-8-19(9-7-12)15(26)24(17(27)21-19)10-13(25)20-16-23-22-14(28-16)11-4-5-11/h11-12H,4-10H2,1-3H3,(H,21,27)(H,20,23,25). The molecule has 2 aliphatic carbocycles. The van der Waals surface area contributed by atoms with Gasteiger partial charge in [-0.25, -0.2) is 4.79 Å². The molecule has 1 spiro atoms. The maximum atomic E-state index is 13.0. The number of nitrogens with zero attached hydrogens (tertiary/aromatic N) is 3. The van der Waals surface area contributed by atoms with Crippen molar-refractivity contribution in [2.45, 2.75) is 70.8 Å². The molecular formula is C19H27N5O3S. The highest BCUT2D eigenvalue weighted by Crippen LogP contribution is 2.44. The van der Waals surface area contributed by atoms with E-state index in [1.807, 2.05) is 0 Å². The first-order valence-corrected chi connectivity index (χ1v) is 10.8. The smallest absolute Gasteiger partial charge is 0.323 e. The lowest BCUT2D eigenvalue weighted by molar-refractivity contribution is -0.135. The van der Waals surface area contributed by atoms with Crippen molar-refractivity contribution < 1.29 is 14.4 Å². The van der Waals surface area contributed by atoms with Crippen LogP contribution in [0.3, 0.4) is 0 Å². The summed E-state index contributed by atoms with van der Waals surface area (Å²) < 4.78 is 0. The zero-order valence-corrected chi connectivity index (χ0v) is 17.4. The van der Waals surface area contributed by atoms with Crippen molar-refractivity contribution in [3.05, 3.63) is 5.01 Å². The molecule has 1 aromatic rings. The van der Waals surface area contributed by atoms with E-state index < -0.39 is 17.5 Å². The van der Waals surface area contributed by atoms with Crippen LogP contribution in [0.25, 0.3) is 0 Å². The molecule has 9 heteroatoms. The molecule has 4 amide bonds. The molecule has 0 radical (unpaired) electrons. The fourth-order valence-electron chi connectivity index (χ4n) is 4.22. The van der Waals surface area contributed by atoms with Crippen molar-refractivity contribution in [3.8, 4) is 0 Å². The van der Waals surface area contributed by atoms with E-state index in [2.05, 4.69) is 41.6 Å². The maximum Gasteiger partial charge on any atom is 0.325 e. The Balaban J connectivity index is 1.36. The normalized spacial score (nSPS) is 28.0. The summed E-state index contributed by atoms with van der Waals surface area (Å²) in [5.74, 6) is 0.286. The van der Waals surface area contributed by atoms with Crippen molar-refractivity contribution >= 4 is 34.3 Å². The molecule has 2 N–H and O–H groups in total. The van der Waals surface area contributed by atoms with Gasteiger partial charge in [0.25, 0.3) is 5.91 Å². The zero-order chi connectivity index (χ0) is 20.1. The van der Waals surface area contributed by atoms with E-state index in [0.29, 0.717) is 29.8 Å². The third-order valence-electron chi connectivity index (χ3n) is 6.23. The third kappa shape index (κ3) is 3.64. The minimum atomic E-state index is -0.846. The number of aromatic nitrogens is 2. The Labute approximate surface area is 168 Å². The van der Waals surface area contributed by atoms with E-state index in [9.17, 15) is 14.4 Å². The molecule has 0 unspecified atom stereocenters. The number of nitrogens with one attached hydrogen (secondary N) is 2. The van der Waals surface area contributed by atoms with Crippen LogP contribution < -0.4 is 10.6 Å². The number of urea groups is 1. The summed E-state index contributed by atoms with van der Waals surface area (Å²) in [6.45, 7) is 6.34. The molecule has 1 aromatic heterocycles. The summed E-state index contributed by atoms with van der Waals surface area (Å²) in [6.07, 6.45) is 5.26. The minimum Gasteiger partial charge on any atom is -0.323 e. The van der Waals surface area contributed by atoms with Crippen molar-refractivity contribution in [1.29, 1.82) is 0 Å². The number of imide groups is 1. The lowest BCUT2D eigenvalue weighted by Gasteiger charge is -2.40. The van der Waals surface area contributed by atoms with E-state index in [-0.39, 0.29) is 17.9 Å². The highest BCUT2D eigenvalue weighted by atomic mass is 32.1. The van der Waals surface area contributed by atoms with Gasteiger partial charge in [0.1, 0.15) is 17.1 Å². The molecule has 2 saturated carbocycles. The number of carbonyl (C=O) groups is 3. The quantitative estimate of drug-likeness (QED) is 0.750. The summed E-state index contributed by atoms with van der Waals surface area (Å²) in [6, 6.07) is -0.481. The van der Waals surface area contributed by atoms with Crippen LogP contribution in [-0.2, 0) is 9.59 Å². The Hall–Kier alpha value is -2.03. The lowest BCUT2D eigenvalue weighted by atomic mass is 9.67. The van der Waals surface area contributed by atoms with E-state index in [1.54, 1.807) is 0 Å². The van der Waals surface area contributed by atoms with Crippen LogP contribution in [0.1, 0.15) is 70.2 Å². The molecule has 1 aliphatic heterocycles. The van der Waals surface area contributed by atoms with Crippen LogP contribution in [0, 0.1) is 11.3 Å². The number of hydrogen-bond donors (Lipinski definition) is 2. The zero-order valence-electron chi connectivity index (χ0n) is 16.6. The average molecular weight is 406 g/mol. The minimum absolute atomic E-state index is 0.188. The fraction of sp³-hybridized carbons (Fsp3) is 0.737. The van der Waals surface area contributed by atoms with Crippen molar-refractivity contribution in [1.82, 2.24) is 20.4 Å². The Morgan fingerprint density at radius 2 is 1.89 bits per heavy atom. The molecular weight excluding hydrogens is 378 g/mol. The molecule has 2 heterocycles. The van der Waals surface area contributed by atoms with E-state index in [0.717, 1.165) is 35.6 Å². The summed E-state index contributed by atoms with van der Waals surface area (Å²) in [4.78, 5) is 38.8. The second-order valence-corrected chi connectivity index (χ2v) is 10.3. The molecule has 8 nitrogen and oxygen atoms in total. The van der Waals surface area contributed by atoms with Gasteiger partial charge >= 0.3 is 6.03 Å². The first-order valence-electron chi connectivity index (χ1n) is 9.95. The number of anilines is 1. The first-order chi connectivity index (χ1) is 13.2. The van der Waals surface area contributed by atoms with Crippen molar-refractivity contribution in [2.75, 3.05) is 11.9 Å². The van der Waals surface area contributed by atoms with Gasteiger partial charge < -0.3 is 5.32 Å². The number of amides is 4. The Bertz CT molecular complexity index is 803. The molecule has 0 bridgehead atoms. The highest BCUT2D eigenvalue weighted by molar-refractivity contribution is 7.15. The maximum absolute atomic E-state index is 13.0. The van der Waals surface area contributed by atoms with E-state index in [4.69, 9.17) is 0 Å². The van der Waals surface area contributed by atoms with Crippen molar-refractivity contribution in [3.63, 3.8) is 0 Å². The third-order valence-corrected chi connectivity index (χ3v) is 7.23. The number of carbonyl (C=O) groups excluding carboxylic acids is 3. The highest BCUT2D eigenvalue weighted by Gasteiger charge is 2.53. The number of rotatable bonds is 4. The molecule has 28 heavy (non-hydrogen) atoms. The Morgan fingerprint density at radius 1 is 1.21 bits per heavy atom. The Morgan fingerprint density at radius 3 is 2.50 bits per heavy atom. The van der Waals surface area contributed by atoms with Gasteiger partial charge in [-0.15, -0.1) is 10.2 Å². The predicted octanol–water partition coefficient (Wildman–Crippen LogP) is 2.88. The van der Waals surface area contributed by atoms with Gasteiger partial charge in [0.05, 0.1) is 0 Å². The fourth-order valence-corrected chi connectivity index (χ4v) is 5.15. The van der Waals surface area contributed by atoms with Gasteiger partial charge in [0.2, 0.25) is 11.0 Å². The molecule has 0 atom stereocenters. The SMILES string of the molecule is CC(C)(C)C1CCC2(CC1)NC(=O)N(CC(=O)Nc1nnc(C3CC3)s1)C2=O. The van der Waals surface area contributed by atoms with Crippen molar-refractivity contribution in [2.24, 2.45) is 11.3 Å². The predicted molar refractivity (Wildman–Crippen MR) is 105 cm³/mol. The summed E-state index contributed by atoms with van der Waals surface area (Å²) in [5, 5.41) is 14.9. The van der Waals surface area contributed by atoms with Gasteiger partial charge in [0, 0.05) is 5.92 Å². The largest absolute Gasteiger partial charge is 0.325 e. The van der Waals surface area contributed by atoms with Crippen LogP contribution in [0.2, 0.25) is 0 Å². The summed E-state index contributed by atoms with van der Waals surface area (Å²) in [7, 11) is 0. The average Bonchev–Trinajstić information content (AvgIpc) is 3.33. The van der Waals surface area contributed by atoms with E-state index in [1.165, 1.54) is 11.3 Å². The Kier molecular flexibility index (Phi) is 4.68. The van der Waals surface area contributed by atoms with Gasteiger partial charge in [-0.2, -0.15) is 0 Å². The molecule has 3 fully saturated rings. The molecule has 3 aliphatic rings. The molecule has 152 valence electrons. The van der Waals surface area contributed by atoms with Gasteiger partial charge in [-0.3, -0.25) is 19.8 Å². The van der Waals surface area contributed by atoms with E-state index >= 15 is 0 Å². The van der Waals surface area contributed by atoms with Gasteiger partial charge in [-0.05, 0) is 49.9 Å². The van der Waals surface area contributed by atoms with Crippen LogP contribution >= 0.6 is 11.3 Å². The first kappa shape index (κ1) is 19.3. The molecule has 4 rings (SSSR count). The topological polar surface area (TPSA) is 104 Å².